The highest BCUT2D eigenvalue weighted by Gasteiger charge is 2.24. The van der Waals surface area contributed by atoms with E-state index in [2.05, 4.69) is 0 Å². The van der Waals surface area contributed by atoms with Crippen LogP contribution in [0.3, 0.4) is 0 Å². The molecule has 0 spiro atoms. The standard InChI is InChI=1S/C13H12O3/c14-13-8-10(5-6-15-13)12-7-9-3-1-2-4-11(9)16-12/h1-4,7,10H,5-6,8H2. The zero-order valence-electron chi connectivity index (χ0n) is 8.81. The third-order valence-corrected chi connectivity index (χ3v) is 2.99. The van der Waals surface area contributed by atoms with Crippen LogP contribution in [0.1, 0.15) is 24.5 Å². The minimum atomic E-state index is -0.128. The Morgan fingerprint density at radius 2 is 2.12 bits per heavy atom. The zero-order valence-corrected chi connectivity index (χ0v) is 8.81. The predicted molar refractivity (Wildman–Crippen MR) is 59.1 cm³/mol. The second-order valence-electron chi connectivity index (χ2n) is 4.10. The van der Waals surface area contributed by atoms with Crippen molar-refractivity contribution in [3.05, 3.63) is 36.1 Å². The summed E-state index contributed by atoms with van der Waals surface area (Å²) in [7, 11) is 0. The van der Waals surface area contributed by atoms with Crippen LogP contribution in [0, 0.1) is 0 Å². The highest BCUT2D eigenvalue weighted by Crippen LogP contribution is 2.31. The molecule has 1 aliphatic heterocycles. The molecule has 0 aliphatic carbocycles. The Kier molecular flexibility index (Phi) is 2.17. The lowest BCUT2D eigenvalue weighted by Crippen LogP contribution is -2.18. The molecule has 3 rings (SSSR count). The Morgan fingerprint density at radius 1 is 1.25 bits per heavy atom. The summed E-state index contributed by atoms with van der Waals surface area (Å²) in [6.07, 6.45) is 1.28. The Labute approximate surface area is 93.0 Å². The van der Waals surface area contributed by atoms with Gasteiger partial charge in [0.25, 0.3) is 0 Å². The fraction of sp³-hybridized carbons (Fsp3) is 0.308. The summed E-state index contributed by atoms with van der Waals surface area (Å²) in [5.74, 6) is 0.947. The van der Waals surface area contributed by atoms with E-state index in [-0.39, 0.29) is 11.9 Å². The lowest BCUT2D eigenvalue weighted by molar-refractivity contribution is -0.147. The quantitative estimate of drug-likeness (QED) is 0.688. The molecule has 1 aliphatic rings. The second kappa shape index (κ2) is 3.67. The normalized spacial score (nSPS) is 21.0. The number of furan rings is 1. The number of fused-ring (bicyclic) bond motifs is 1. The van der Waals surface area contributed by atoms with Crippen molar-refractivity contribution in [2.75, 3.05) is 6.61 Å². The van der Waals surface area contributed by atoms with Crippen LogP contribution in [0.25, 0.3) is 11.0 Å². The van der Waals surface area contributed by atoms with Crippen LogP contribution in [-0.2, 0) is 9.53 Å². The fourth-order valence-electron chi connectivity index (χ4n) is 2.12. The largest absolute Gasteiger partial charge is 0.466 e. The first-order chi connectivity index (χ1) is 7.83. The van der Waals surface area contributed by atoms with Gasteiger partial charge in [-0.25, -0.2) is 0 Å². The molecule has 3 nitrogen and oxygen atoms in total. The third kappa shape index (κ3) is 1.58. The van der Waals surface area contributed by atoms with E-state index in [0.717, 1.165) is 23.2 Å². The first-order valence-electron chi connectivity index (χ1n) is 5.47. The first kappa shape index (κ1) is 9.46. The van der Waals surface area contributed by atoms with Crippen molar-refractivity contribution in [1.82, 2.24) is 0 Å². The third-order valence-electron chi connectivity index (χ3n) is 2.99. The van der Waals surface area contributed by atoms with E-state index in [1.165, 1.54) is 0 Å². The van der Waals surface area contributed by atoms with Gasteiger partial charge in [-0.3, -0.25) is 4.79 Å². The van der Waals surface area contributed by atoms with Crippen LogP contribution in [0.15, 0.2) is 34.7 Å². The van der Waals surface area contributed by atoms with Crippen molar-refractivity contribution in [2.45, 2.75) is 18.8 Å². The monoisotopic (exact) mass is 216 g/mol. The van der Waals surface area contributed by atoms with Crippen LogP contribution >= 0.6 is 0 Å². The van der Waals surface area contributed by atoms with Crippen molar-refractivity contribution in [2.24, 2.45) is 0 Å². The summed E-state index contributed by atoms with van der Waals surface area (Å²) in [4.78, 5) is 11.2. The molecule has 1 aromatic heterocycles. The number of hydrogen-bond donors (Lipinski definition) is 0. The minimum absolute atomic E-state index is 0.128. The van der Waals surface area contributed by atoms with E-state index in [1.807, 2.05) is 30.3 Å². The number of hydrogen-bond acceptors (Lipinski definition) is 3. The van der Waals surface area contributed by atoms with Crippen LogP contribution < -0.4 is 0 Å². The summed E-state index contributed by atoms with van der Waals surface area (Å²) in [6.45, 7) is 0.501. The smallest absolute Gasteiger partial charge is 0.306 e. The highest BCUT2D eigenvalue weighted by atomic mass is 16.5. The summed E-state index contributed by atoms with van der Waals surface area (Å²) in [6, 6.07) is 9.92. The number of ether oxygens (including phenoxy) is 1. The topological polar surface area (TPSA) is 39.4 Å². The molecule has 1 atom stereocenters. The highest BCUT2D eigenvalue weighted by molar-refractivity contribution is 5.78. The number of esters is 1. The number of cyclic esters (lactones) is 1. The van der Waals surface area contributed by atoms with Crippen molar-refractivity contribution in [1.29, 1.82) is 0 Å². The molecule has 2 heterocycles. The van der Waals surface area contributed by atoms with E-state index in [9.17, 15) is 4.79 Å². The van der Waals surface area contributed by atoms with Gasteiger partial charge in [0.2, 0.25) is 0 Å². The molecule has 16 heavy (non-hydrogen) atoms. The van der Waals surface area contributed by atoms with Gasteiger partial charge in [-0.1, -0.05) is 18.2 Å². The van der Waals surface area contributed by atoms with Crippen LogP contribution in [0.4, 0.5) is 0 Å². The Balaban J connectivity index is 1.96. The van der Waals surface area contributed by atoms with E-state index >= 15 is 0 Å². The second-order valence-corrected chi connectivity index (χ2v) is 4.10. The summed E-state index contributed by atoms with van der Waals surface area (Å²) >= 11 is 0. The molecule has 82 valence electrons. The van der Waals surface area contributed by atoms with Crippen molar-refractivity contribution in [3.63, 3.8) is 0 Å². The lowest BCUT2D eigenvalue weighted by Gasteiger charge is -2.18. The molecule has 1 unspecified atom stereocenters. The minimum Gasteiger partial charge on any atom is -0.466 e. The maximum Gasteiger partial charge on any atom is 0.306 e. The summed E-state index contributed by atoms with van der Waals surface area (Å²) in [5.41, 5.74) is 0.886. The SMILES string of the molecule is O=C1CC(c2cc3ccccc3o2)CCO1. The average molecular weight is 216 g/mol. The Hall–Kier alpha value is -1.77. The van der Waals surface area contributed by atoms with Crippen LogP contribution in [-0.4, -0.2) is 12.6 Å². The molecule has 0 amide bonds. The van der Waals surface area contributed by atoms with Gasteiger partial charge in [0.05, 0.1) is 13.0 Å². The van der Waals surface area contributed by atoms with E-state index in [0.29, 0.717) is 13.0 Å². The van der Waals surface area contributed by atoms with E-state index in [4.69, 9.17) is 9.15 Å². The summed E-state index contributed by atoms with van der Waals surface area (Å²) < 4.78 is 10.7. The molecule has 1 aromatic carbocycles. The fourth-order valence-corrected chi connectivity index (χ4v) is 2.12. The van der Waals surface area contributed by atoms with E-state index < -0.39 is 0 Å². The van der Waals surface area contributed by atoms with Crippen molar-refractivity contribution >= 4 is 16.9 Å². The average Bonchev–Trinajstić information content (AvgIpc) is 2.72. The number of para-hydroxylation sites is 1. The Bertz CT molecular complexity index is 494. The Morgan fingerprint density at radius 3 is 2.94 bits per heavy atom. The molecule has 0 saturated carbocycles. The molecule has 3 heteroatoms. The number of carbonyl (C=O) groups excluding carboxylic acids is 1. The van der Waals surface area contributed by atoms with Gasteiger partial charge < -0.3 is 9.15 Å². The number of benzene rings is 1. The molecule has 0 N–H and O–H groups in total. The number of rotatable bonds is 1. The molecule has 1 saturated heterocycles. The molecule has 0 bridgehead atoms. The lowest BCUT2D eigenvalue weighted by atomic mass is 9.97. The molecule has 0 radical (unpaired) electrons. The van der Waals surface area contributed by atoms with Gasteiger partial charge in [0.15, 0.2) is 0 Å². The van der Waals surface area contributed by atoms with E-state index in [1.54, 1.807) is 0 Å². The summed E-state index contributed by atoms with van der Waals surface area (Å²) in [5, 5.41) is 1.09. The van der Waals surface area contributed by atoms with Crippen LogP contribution in [0.5, 0.6) is 0 Å². The number of carbonyl (C=O) groups is 1. The molecule has 2 aromatic rings. The van der Waals surface area contributed by atoms with Gasteiger partial charge >= 0.3 is 5.97 Å². The van der Waals surface area contributed by atoms with Crippen molar-refractivity contribution < 1.29 is 13.9 Å². The van der Waals surface area contributed by atoms with Gasteiger partial charge in [0.1, 0.15) is 11.3 Å². The van der Waals surface area contributed by atoms with Gasteiger partial charge in [-0.15, -0.1) is 0 Å². The van der Waals surface area contributed by atoms with Gasteiger partial charge in [-0.05, 0) is 18.6 Å². The first-order valence-corrected chi connectivity index (χ1v) is 5.47. The predicted octanol–water partition coefficient (Wildman–Crippen LogP) is 2.85. The van der Waals surface area contributed by atoms with Crippen LogP contribution in [0.2, 0.25) is 0 Å². The maximum absolute atomic E-state index is 11.2. The molecular weight excluding hydrogens is 204 g/mol. The maximum atomic E-state index is 11.2. The molecule has 1 fully saturated rings. The molecular formula is C13H12O3. The van der Waals surface area contributed by atoms with Gasteiger partial charge in [-0.2, -0.15) is 0 Å². The van der Waals surface area contributed by atoms with Crippen molar-refractivity contribution in [3.8, 4) is 0 Å². The van der Waals surface area contributed by atoms with Gasteiger partial charge in [0, 0.05) is 11.3 Å². The zero-order chi connectivity index (χ0) is 11.0.